The SMILES string of the molecule is CNC(=O)N1C[C@H](S)CC[C@H]1C1=NCC(CCN=C(C)N)=C1. The van der Waals surface area contributed by atoms with Crippen LogP contribution in [0, 0.1) is 0 Å². The zero-order valence-corrected chi connectivity index (χ0v) is 14.1. The van der Waals surface area contributed by atoms with Crippen LogP contribution in [0.4, 0.5) is 4.79 Å². The van der Waals surface area contributed by atoms with Gasteiger partial charge in [-0.05, 0) is 37.8 Å². The van der Waals surface area contributed by atoms with Gasteiger partial charge in [0.1, 0.15) is 0 Å². The Bertz CT molecular complexity index is 510. The van der Waals surface area contributed by atoms with Gasteiger partial charge in [-0.3, -0.25) is 9.98 Å². The number of hydrogen-bond donors (Lipinski definition) is 3. The number of piperidine rings is 1. The number of nitrogens with two attached hydrogens (primary N) is 1. The molecule has 3 N–H and O–H groups in total. The lowest BCUT2D eigenvalue weighted by atomic mass is 9.97. The Morgan fingerprint density at radius 2 is 2.36 bits per heavy atom. The molecular formula is C15H25N5OS. The first kappa shape index (κ1) is 16.9. The molecule has 0 aromatic carbocycles. The van der Waals surface area contributed by atoms with E-state index in [2.05, 4.69) is 34.0 Å². The third-order valence-electron chi connectivity index (χ3n) is 3.98. The molecule has 0 aliphatic carbocycles. The molecule has 7 heteroatoms. The summed E-state index contributed by atoms with van der Waals surface area (Å²) in [7, 11) is 1.66. The molecule has 0 radical (unpaired) electrons. The average Bonchev–Trinajstić information content (AvgIpc) is 2.94. The maximum atomic E-state index is 12.1. The zero-order chi connectivity index (χ0) is 16.1. The first-order valence-electron chi connectivity index (χ1n) is 7.68. The average molecular weight is 323 g/mol. The van der Waals surface area contributed by atoms with E-state index in [9.17, 15) is 4.79 Å². The molecule has 2 amide bonds. The van der Waals surface area contributed by atoms with Crippen LogP contribution in [0.15, 0.2) is 21.6 Å². The van der Waals surface area contributed by atoms with Gasteiger partial charge in [-0.25, -0.2) is 4.79 Å². The van der Waals surface area contributed by atoms with Crippen LogP contribution in [0.1, 0.15) is 26.2 Å². The van der Waals surface area contributed by atoms with E-state index in [1.807, 2.05) is 4.90 Å². The predicted molar refractivity (Wildman–Crippen MR) is 94.1 cm³/mol. The van der Waals surface area contributed by atoms with E-state index >= 15 is 0 Å². The number of hydrogen-bond acceptors (Lipinski definition) is 4. The number of thiol groups is 1. The zero-order valence-electron chi connectivity index (χ0n) is 13.2. The topological polar surface area (TPSA) is 83.1 Å². The van der Waals surface area contributed by atoms with E-state index < -0.39 is 0 Å². The van der Waals surface area contributed by atoms with Crippen LogP contribution in [0.25, 0.3) is 0 Å². The monoisotopic (exact) mass is 323 g/mol. The molecule has 0 spiro atoms. The third kappa shape index (κ3) is 4.25. The molecule has 22 heavy (non-hydrogen) atoms. The molecule has 0 aromatic heterocycles. The molecule has 2 aliphatic heterocycles. The van der Waals surface area contributed by atoms with Crippen LogP contribution in [0.5, 0.6) is 0 Å². The first-order chi connectivity index (χ1) is 10.5. The molecule has 6 nitrogen and oxygen atoms in total. The Labute approximate surface area is 137 Å². The Kier molecular flexibility index (Phi) is 5.88. The predicted octanol–water partition coefficient (Wildman–Crippen LogP) is 1.24. The summed E-state index contributed by atoms with van der Waals surface area (Å²) in [6, 6.07) is -0.00254. The minimum absolute atomic E-state index is 0.0561. The quantitative estimate of drug-likeness (QED) is 0.413. The van der Waals surface area contributed by atoms with Crippen molar-refractivity contribution in [2.75, 3.05) is 26.7 Å². The highest BCUT2D eigenvalue weighted by Gasteiger charge is 2.33. The van der Waals surface area contributed by atoms with Crippen LogP contribution in [0.2, 0.25) is 0 Å². The fourth-order valence-corrected chi connectivity index (χ4v) is 3.17. The number of amidine groups is 1. The number of carbonyl (C=O) groups excluding carboxylic acids is 1. The van der Waals surface area contributed by atoms with Gasteiger partial charge in [-0.1, -0.05) is 0 Å². The van der Waals surface area contributed by atoms with Crippen LogP contribution < -0.4 is 11.1 Å². The summed E-state index contributed by atoms with van der Waals surface area (Å²) in [6.45, 7) is 3.85. The molecule has 0 aromatic rings. The van der Waals surface area contributed by atoms with Crippen molar-refractivity contribution in [1.82, 2.24) is 10.2 Å². The largest absolute Gasteiger partial charge is 0.388 e. The van der Waals surface area contributed by atoms with Gasteiger partial charge >= 0.3 is 6.03 Å². The second-order valence-electron chi connectivity index (χ2n) is 5.77. The third-order valence-corrected chi connectivity index (χ3v) is 4.41. The number of carbonyl (C=O) groups is 1. The summed E-state index contributed by atoms with van der Waals surface area (Å²) in [4.78, 5) is 22.8. The number of nitrogens with zero attached hydrogens (tertiary/aromatic N) is 3. The fourth-order valence-electron chi connectivity index (χ4n) is 2.85. The van der Waals surface area contributed by atoms with Gasteiger partial charge in [-0.15, -0.1) is 0 Å². The molecule has 1 saturated heterocycles. The molecule has 0 saturated carbocycles. The highest BCUT2D eigenvalue weighted by molar-refractivity contribution is 7.81. The summed E-state index contributed by atoms with van der Waals surface area (Å²) < 4.78 is 0. The van der Waals surface area contributed by atoms with E-state index in [4.69, 9.17) is 5.73 Å². The van der Waals surface area contributed by atoms with Gasteiger partial charge in [0.2, 0.25) is 0 Å². The Morgan fingerprint density at radius 1 is 1.59 bits per heavy atom. The van der Waals surface area contributed by atoms with Crippen molar-refractivity contribution in [1.29, 1.82) is 0 Å². The number of aliphatic imine (C=N–C) groups is 2. The lowest BCUT2D eigenvalue weighted by molar-refractivity contribution is 0.177. The lowest BCUT2D eigenvalue weighted by Crippen LogP contribution is -2.53. The summed E-state index contributed by atoms with van der Waals surface area (Å²) in [5, 5.41) is 2.95. The molecular weight excluding hydrogens is 298 g/mol. The molecule has 1 fully saturated rings. The van der Waals surface area contributed by atoms with Crippen LogP contribution in [0.3, 0.4) is 0 Å². The molecule has 2 aliphatic rings. The van der Waals surface area contributed by atoms with Crippen molar-refractivity contribution in [2.24, 2.45) is 15.7 Å². The molecule has 2 heterocycles. The van der Waals surface area contributed by atoms with Crippen molar-refractivity contribution >= 4 is 30.2 Å². The molecule has 2 atom stereocenters. The van der Waals surface area contributed by atoms with Gasteiger partial charge in [0.05, 0.1) is 24.1 Å². The number of urea groups is 1. The van der Waals surface area contributed by atoms with Gasteiger partial charge in [0.15, 0.2) is 0 Å². The Morgan fingerprint density at radius 3 is 3.05 bits per heavy atom. The minimum Gasteiger partial charge on any atom is -0.388 e. The fraction of sp³-hybridized carbons (Fsp3) is 0.667. The summed E-state index contributed by atoms with van der Waals surface area (Å²) in [5.74, 6) is 0.609. The number of likely N-dealkylation sites (tertiary alicyclic amines) is 1. The smallest absolute Gasteiger partial charge is 0.317 e. The molecule has 2 rings (SSSR count). The van der Waals surface area contributed by atoms with E-state index in [-0.39, 0.29) is 17.3 Å². The normalized spacial score (nSPS) is 25.8. The maximum absolute atomic E-state index is 12.1. The molecule has 0 bridgehead atoms. The highest BCUT2D eigenvalue weighted by Crippen LogP contribution is 2.25. The van der Waals surface area contributed by atoms with Gasteiger partial charge < -0.3 is 16.0 Å². The van der Waals surface area contributed by atoms with Gasteiger partial charge in [0.25, 0.3) is 0 Å². The standard InChI is InChI=1S/C15H25N5OS/c1-10(16)18-6-5-11-7-13(19-8-11)14-4-3-12(22)9-20(14)15(21)17-2/h7,12,14,22H,3-6,8-9H2,1-2H3,(H2,16,18)(H,17,21)/t12-,14+/m1/s1. The number of nitrogens with one attached hydrogen (secondary N) is 1. The molecule has 0 unspecified atom stereocenters. The minimum atomic E-state index is -0.0587. The van der Waals surface area contributed by atoms with E-state index in [0.717, 1.165) is 25.0 Å². The number of rotatable bonds is 4. The Balaban J connectivity index is 2.01. The molecule has 122 valence electrons. The van der Waals surface area contributed by atoms with Gasteiger partial charge in [-0.2, -0.15) is 12.6 Å². The van der Waals surface area contributed by atoms with E-state index in [1.165, 1.54) is 5.57 Å². The van der Waals surface area contributed by atoms with Gasteiger partial charge in [0, 0.05) is 25.4 Å². The van der Waals surface area contributed by atoms with Crippen LogP contribution >= 0.6 is 12.6 Å². The Hall–Kier alpha value is -1.50. The first-order valence-corrected chi connectivity index (χ1v) is 8.19. The highest BCUT2D eigenvalue weighted by atomic mass is 32.1. The van der Waals surface area contributed by atoms with Crippen molar-refractivity contribution in [3.8, 4) is 0 Å². The van der Waals surface area contributed by atoms with E-state index in [0.29, 0.717) is 25.5 Å². The number of amides is 2. The summed E-state index contributed by atoms with van der Waals surface area (Å²) in [5.41, 5.74) is 7.81. The summed E-state index contributed by atoms with van der Waals surface area (Å²) in [6.07, 6.45) is 4.90. The lowest BCUT2D eigenvalue weighted by Gasteiger charge is -2.37. The maximum Gasteiger partial charge on any atom is 0.317 e. The second kappa shape index (κ2) is 7.67. The van der Waals surface area contributed by atoms with Crippen LogP contribution in [-0.4, -0.2) is 60.5 Å². The van der Waals surface area contributed by atoms with Crippen LogP contribution in [-0.2, 0) is 0 Å². The van der Waals surface area contributed by atoms with E-state index in [1.54, 1.807) is 14.0 Å². The summed E-state index contributed by atoms with van der Waals surface area (Å²) >= 11 is 4.52. The van der Waals surface area contributed by atoms with Crippen molar-refractivity contribution < 1.29 is 4.79 Å². The van der Waals surface area contributed by atoms with Crippen molar-refractivity contribution in [3.05, 3.63) is 11.6 Å². The van der Waals surface area contributed by atoms with Crippen molar-refractivity contribution in [3.63, 3.8) is 0 Å². The van der Waals surface area contributed by atoms with Crippen molar-refractivity contribution in [2.45, 2.75) is 37.5 Å². The second-order valence-corrected chi connectivity index (χ2v) is 6.50.